The molecular weight excluding hydrogens is 472 g/mol. The molecule has 1 aromatic rings. The molecule has 3 aliphatic rings. The van der Waals surface area contributed by atoms with Gasteiger partial charge in [-0.15, -0.1) is 0 Å². The Labute approximate surface area is 204 Å². The summed E-state index contributed by atoms with van der Waals surface area (Å²) in [6.07, 6.45) is 10.5. The quantitative estimate of drug-likeness (QED) is 0.309. The molecule has 5 nitrogen and oxygen atoms in total. The van der Waals surface area contributed by atoms with E-state index in [0.29, 0.717) is 30.2 Å². The van der Waals surface area contributed by atoms with E-state index in [1.54, 1.807) is 0 Å². The Morgan fingerprint density at radius 2 is 1.26 bits per heavy atom. The number of fused-ring (bicyclic) bond motifs is 4. The number of nitrogens with one attached hydrogen (secondary N) is 4. The standard InChI is InChI=1S/C22H37N5.CH3.2ClH.Mn/c1-16-13-23-19-9-2-3-10-20(19)24-14-17-7-6-8-18(27-17)15-25-21-11-4-5-12-22(21)26-16;;;;/h6-8,16,19-26H,2-5,9-15H2,1H3;1H3;2*1H;/q;-1;;;+2/p-2/t16-,19-,20-,21-,22-;;;;/m1..../s1. The van der Waals surface area contributed by atoms with Gasteiger partial charge < -0.3 is 28.7 Å². The van der Waals surface area contributed by atoms with E-state index in [-0.39, 0.29) is 20.6 Å². The van der Waals surface area contributed by atoms with E-state index >= 15 is 0 Å². The summed E-state index contributed by atoms with van der Waals surface area (Å²) < 4.78 is 0. The Bertz CT molecular complexity index is 623. The Hall–Kier alpha value is 0.0895. The first kappa shape index (κ1) is 27.3. The Kier molecular flexibility index (Phi) is 13.3. The first-order valence-electron chi connectivity index (χ1n) is 11.5. The number of hydrogen-bond acceptors (Lipinski definition) is 5. The fourth-order valence-corrected chi connectivity index (χ4v) is 5.14. The van der Waals surface area contributed by atoms with Crippen LogP contribution in [0.15, 0.2) is 18.2 Å². The van der Waals surface area contributed by atoms with Gasteiger partial charge >= 0.3 is 33.3 Å². The van der Waals surface area contributed by atoms with Crippen LogP contribution in [-0.4, -0.2) is 41.7 Å². The van der Waals surface area contributed by atoms with Crippen molar-refractivity contribution in [2.45, 2.75) is 102 Å². The van der Waals surface area contributed by atoms with Gasteiger partial charge in [0.05, 0.1) is 11.4 Å². The number of nitrogens with zero attached hydrogens (tertiary/aromatic N) is 1. The Morgan fingerprint density at radius 1 is 0.806 bits per heavy atom. The van der Waals surface area contributed by atoms with Crippen molar-refractivity contribution in [1.29, 1.82) is 0 Å². The molecule has 2 heterocycles. The molecule has 1 aliphatic heterocycles. The molecule has 2 saturated carbocycles. The van der Waals surface area contributed by atoms with Crippen molar-refractivity contribution < 1.29 is 13.1 Å². The third-order valence-corrected chi connectivity index (χ3v) is 6.67. The summed E-state index contributed by atoms with van der Waals surface area (Å²) in [5, 5.41) is 15.4. The van der Waals surface area contributed by atoms with Crippen LogP contribution in [0.3, 0.4) is 0 Å². The molecule has 0 amide bonds. The van der Waals surface area contributed by atoms with E-state index in [4.69, 9.17) is 25.2 Å². The van der Waals surface area contributed by atoms with Crippen LogP contribution in [-0.2, 0) is 26.2 Å². The van der Waals surface area contributed by atoms with Gasteiger partial charge in [0.25, 0.3) is 0 Å². The summed E-state index contributed by atoms with van der Waals surface area (Å²) in [5.41, 5.74) is 2.33. The molecule has 0 unspecified atom stereocenters. The minimum atomic E-state index is 0. The fraction of sp³-hybridized carbons (Fsp3) is 0.739. The molecule has 4 N–H and O–H groups in total. The number of rotatable bonds is 0. The molecule has 0 radical (unpaired) electrons. The van der Waals surface area contributed by atoms with E-state index in [9.17, 15) is 0 Å². The average Bonchev–Trinajstić information content (AvgIpc) is 2.77. The van der Waals surface area contributed by atoms with Gasteiger partial charge in [-0.2, -0.15) is 0 Å². The van der Waals surface area contributed by atoms with Gasteiger partial charge in [-0.05, 0) is 44.7 Å². The van der Waals surface area contributed by atoms with E-state index in [1.807, 2.05) is 0 Å². The van der Waals surface area contributed by atoms with Crippen molar-refractivity contribution >= 4 is 20.2 Å². The summed E-state index contributed by atoms with van der Waals surface area (Å²) in [6, 6.07) is 9.25. The summed E-state index contributed by atoms with van der Waals surface area (Å²) in [7, 11) is 9.59. The van der Waals surface area contributed by atoms with Crippen LogP contribution in [0.2, 0.25) is 0 Å². The van der Waals surface area contributed by atoms with Crippen LogP contribution >= 0.6 is 20.2 Å². The number of hydrogen-bond donors (Lipinski definition) is 4. The molecule has 8 heteroatoms. The second-order valence-electron chi connectivity index (χ2n) is 8.91. The minimum absolute atomic E-state index is 0. The molecule has 31 heavy (non-hydrogen) atoms. The topological polar surface area (TPSA) is 61.0 Å². The molecule has 5 atom stereocenters. The zero-order chi connectivity index (χ0) is 21.2. The molecule has 2 fully saturated rings. The second kappa shape index (κ2) is 15.1. The summed E-state index contributed by atoms with van der Waals surface area (Å²) in [6.45, 7) is 5.14. The predicted molar refractivity (Wildman–Crippen MR) is 129 cm³/mol. The maximum atomic E-state index is 4.91. The van der Waals surface area contributed by atoms with Crippen LogP contribution in [0.4, 0.5) is 0 Å². The SMILES string of the molecule is C[C@@H]1CN[C@@H]2CCCC[C@H]2NCc2cccc(n2)CN[C@@H]2CCCC[C@H]2N1.[CH3-].[Cl][Mn][Cl]. The molecule has 0 spiro atoms. The van der Waals surface area contributed by atoms with E-state index in [0.717, 1.165) is 19.6 Å². The fourth-order valence-electron chi connectivity index (χ4n) is 5.14. The first-order chi connectivity index (χ1) is 14.7. The van der Waals surface area contributed by atoms with Gasteiger partial charge in [0.15, 0.2) is 0 Å². The zero-order valence-electron chi connectivity index (χ0n) is 19.0. The van der Waals surface area contributed by atoms with Gasteiger partial charge in [-0.3, -0.25) is 4.98 Å². The molecule has 0 saturated heterocycles. The van der Waals surface area contributed by atoms with Gasteiger partial charge in [-0.25, -0.2) is 0 Å². The molecule has 2 aliphatic carbocycles. The Balaban J connectivity index is 0.000000808. The molecule has 4 rings (SSSR count). The maximum absolute atomic E-state index is 4.91. The number of aromatic nitrogens is 1. The van der Waals surface area contributed by atoms with Crippen molar-refractivity contribution in [3.63, 3.8) is 0 Å². The van der Waals surface area contributed by atoms with Crippen LogP contribution < -0.4 is 21.3 Å². The van der Waals surface area contributed by atoms with Gasteiger partial charge in [-0.1, -0.05) is 31.7 Å². The second-order valence-corrected chi connectivity index (χ2v) is 10.9. The van der Waals surface area contributed by atoms with Crippen LogP contribution in [0, 0.1) is 7.43 Å². The van der Waals surface area contributed by atoms with Crippen molar-refractivity contribution in [3.8, 4) is 0 Å². The number of pyridine rings is 1. The Morgan fingerprint density at radius 3 is 1.81 bits per heavy atom. The van der Waals surface area contributed by atoms with Crippen molar-refractivity contribution in [1.82, 2.24) is 26.3 Å². The first-order valence-corrected chi connectivity index (χ1v) is 14.7. The van der Waals surface area contributed by atoms with Gasteiger partial charge in [0.1, 0.15) is 0 Å². The van der Waals surface area contributed by atoms with Crippen LogP contribution in [0.25, 0.3) is 0 Å². The van der Waals surface area contributed by atoms with Crippen molar-refractivity contribution in [3.05, 3.63) is 37.0 Å². The summed E-state index contributed by atoms with van der Waals surface area (Å²) in [4.78, 5) is 4.91. The van der Waals surface area contributed by atoms with Crippen LogP contribution in [0.5, 0.6) is 0 Å². The summed E-state index contributed by atoms with van der Waals surface area (Å²) in [5.74, 6) is 0. The predicted octanol–water partition coefficient (Wildman–Crippen LogP) is 4.29. The number of halogens is 2. The van der Waals surface area contributed by atoms with Crippen molar-refractivity contribution in [2.75, 3.05) is 6.54 Å². The summed E-state index contributed by atoms with van der Waals surface area (Å²) >= 11 is 0.00694. The monoisotopic (exact) mass is 511 g/mol. The zero-order valence-corrected chi connectivity index (χ0v) is 21.7. The van der Waals surface area contributed by atoms with E-state index in [2.05, 4.69) is 46.4 Å². The van der Waals surface area contributed by atoms with E-state index in [1.165, 1.54) is 62.8 Å². The van der Waals surface area contributed by atoms with Crippen molar-refractivity contribution in [2.24, 2.45) is 0 Å². The normalized spacial score (nSPS) is 31.9. The molecule has 179 valence electrons. The molecular formula is C23H40Cl2MnN5-. The molecule has 1 aromatic heterocycles. The van der Waals surface area contributed by atoms with Gasteiger partial charge in [0.2, 0.25) is 0 Å². The molecule has 0 aromatic carbocycles. The average molecular weight is 512 g/mol. The third kappa shape index (κ3) is 9.10. The third-order valence-electron chi connectivity index (χ3n) is 6.67. The van der Waals surface area contributed by atoms with Crippen LogP contribution in [0.1, 0.15) is 69.7 Å². The van der Waals surface area contributed by atoms with E-state index < -0.39 is 0 Å². The molecule has 2 bridgehead atoms. The van der Waals surface area contributed by atoms with Gasteiger partial charge in [0, 0.05) is 49.8 Å².